The molecule has 2 aliphatic heterocycles. The molecule has 0 amide bonds. The first-order chi connectivity index (χ1) is 18.2. The van der Waals surface area contributed by atoms with Crippen LogP contribution in [0.4, 0.5) is 0 Å². The van der Waals surface area contributed by atoms with Crippen LogP contribution in [-0.4, -0.2) is 55.9 Å². The van der Waals surface area contributed by atoms with E-state index in [4.69, 9.17) is 9.47 Å². The highest BCUT2D eigenvalue weighted by Gasteiger charge is 2.30. The van der Waals surface area contributed by atoms with Crippen molar-refractivity contribution >= 4 is 0 Å². The lowest BCUT2D eigenvalue weighted by molar-refractivity contribution is -0.103. The van der Waals surface area contributed by atoms with Crippen molar-refractivity contribution in [3.63, 3.8) is 0 Å². The molecule has 2 bridgehead atoms. The zero-order valence-corrected chi connectivity index (χ0v) is 25.3. The Morgan fingerprint density at radius 2 is 1.27 bits per heavy atom. The number of ether oxygens (including phenoxy) is 2. The van der Waals surface area contributed by atoms with Crippen LogP contribution < -0.4 is 5.32 Å². The highest BCUT2D eigenvalue weighted by atomic mass is 16.5. The van der Waals surface area contributed by atoms with Crippen LogP contribution in [-0.2, 0) is 9.47 Å². The van der Waals surface area contributed by atoms with Gasteiger partial charge in [0.1, 0.15) is 0 Å². The molecule has 4 heteroatoms. The zero-order valence-electron chi connectivity index (χ0n) is 25.3. The molecule has 2 rings (SSSR count). The van der Waals surface area contributed by atoms with Crippen molar-refractivity contribution < 1.29 is 9.47 Å². The van der Waals surface area contributed by atoms with Gasteiger partial charge in [-0.15, -0.1) is 0 Å². The number of fused-ring (bicyclic) bond motifs is 2. The van der Waals surface area contributed by atoms with Gasteiger partial charge < -0.3 is 14.8 Å². The van der Waals surface area contributed by atoms with E-state index < -0.39 is 0 Å². The van der Waals surface area contributed by atoms with Crippen molar-refractivity contribution in [2.24, 2.45) is 0 Å². The molecule has 0 aromatic heterocycles. The summed E-state index contributed by atoms with van der Waals surface area (Å²) in [4.78, 5) is 2.64. The molecule has 1 N–H and O–H groups in total. The molecule has 0 aromatic carbocycles. The zero-order chi connectivity index (χ0) is 26.4. The fourth-order valence-electron chi connectivity index (χ4n) is 6.04. The van der Waals surface area contributed by atoms with E-state index in [1.165, 1.54) is 134 Å². The Labute approximate surface area is 231 Å². The molecule has 2 atom stereocenters. The van der Waals surface area contributed by atoms with E-state index >= 15 is 0 Å². The Balaban J connectivity index is 1.56. The second-order valence-corrected chi connectivity index (χ2v) is 11.9. The van der Waals surface area contributed by atoms with Crippen molar-refractivity contribution in [1.82, 2.24) is 10.2 Å². The van der Waals surface area contributed by atoms with Gasteiger partial charge in [0.15, 0.2) is 0 Å². The Hall–Kier alpha value is -0.580. The third-order valence-corrected chi connectivity index (χ3v) is 8.35. The molecule has 2 unspecified atom stereocenters. The molecule has 2 saturated heterocycles. The lowest BCUT2D eigenvalue weighted by atomic mass is 10.0. The van der Waals surface area contributed by atoms with Crippen LogP contribution in [0.5, 0.6) is 0 Å². The lowest BCUT2D eigenvalue weighted by Gasteiger charge is -2.41. The van der Waals surface area contributed by atoms with Gasteiger partial charge in [0, 0.05) is 32.6 Å². The van der Waals surface area contributed by atoms with E-state index in [2.05, 4.69) is 37.1 Å². The maximum atomic E-state index is 6.64. The van der Waals surface area contributed by atoms with Gasteiger partial charge in [-0.1, -0.05) is 97.3 Å². The largest absolute Gasteiger partial charge is 0.495 e. The average Bonchev–Trinajstić information content (AvgIpc) is 2.90. The molecule has 2 heterocycles. The maximum absolute atomic E-state index is 6.64. The fourth-order valence-corrected chi connectivity index (χ4v) is 6.04. The SMILES string of the molecule is C/C=C(\CCCCCCCN1CC2CNCC(C1)O2)OC(CCCCCCCC)CCCCCCCC. The molecule has 37 heavy (non-hydrogen) atoms. The fraction of sp³-hybridized carbons (Fsp3) is 0.939. The van der Waals surface area contributed by atoms with Gasteiger partial charge >= 0.3 is 0 Å². The van der Waals surface area contributed by atoms with Gasteiger partial charge in [-0.25, -0.2) is 0 Å². The molecule has 2 aliphatic rings. The summed E-state index contributed by atoms with van der Waals surface area (Å²) >= 11 is 0. The second-order valence-electron chi connectivity index (χ2n) is 11.9. The summed E-state index contributed by atoms with van der Waals surface area (Å²) in [5.74, 6) is 1.26. The van der Waals surface area contributed by atoms with Crippen LogP contribution in [0.25, 0.3) is 0 Å². The van der Waals surface area contributed by atoms with Crippen molar-refractivity contribution in [2.45, 2.75) is 167 Å². The third-order valence-electron chi connectivity index (χ3n) is 8.35. The van der Waals surface area contributed by atoms with Crippen molar-refractivity contribution in [2.75, 3.05) is 32.7 Å². The smallest absolute Gasteiger partial charge is 0.0982 e. The van der Waals surface area contributed by atoms with Crippen molar-refractivity contribution in [1.29, 1.82) is 0 Å². The van der Waals surface area contributed by atoms with Crippen LogP contribution in [0.15, 0.2) is 11.8 Å². The number of unbranched alkanes of at least 4 members (excludes halogenated alkanes) is 14. The molecule has 0 aliphatic carbocycles. The second kappa shape index (κ2) is 22.3. The first kappa shape index (κ1) is 32.6. The Morgan fingerprint density at radius 3 is 1.84 bits per heavy atom. The van der Waals surface area contributed by atoms with E-state index in [0.717, 1.165) is 32.6 Å². The topological polar surface area (TPSA) is 33.7 Å². The molecular formula is C33H64N2O2. The van der Waals surface area contributed by atoms with Gasteiger partial charge in [-0.2, -0.15) is 0 Å². The summed E-state index contributed by atoms with van der Waals surface area (Å²) < 4.78 is 12.7. The predicted octanol–water partition coefficient (Wildman–Crippen LogP) is 8.79. The molecular weight excluding hydrogens is 456 g/mol. The summed E-state index contributed by atoms with van der Waals surface area (Å²) in [6, 6.07) is 0. The number of allylic oxidation sites excluding steroid dienone is 2. The highest BCUT2D eigenvalue weighted by molar-refractivity contribution is 4.91. The van der Waals surface area contributed by atoms with Crippen LogP contribution in [0.2, 0.25) is 0 Å². The molecule has 2 fully saturated rings. The first-order valence-electron chi connectivity index (χ1n) is 16.7. The number of hydrogen-bond donors (Lipinski definition) is 1. The Kier molecular flexibility index (Phi) is 19.6. The molecule has 0 spiro atoms. The normalized spacial score (nSPS) is 20.6. The number of morpholine rings is 2. The van der Waals surface area contributed by atoms with Crippen LogP contribution in [0.1, 0.15) is 149 Å². The summed E-state index contributed by atoms with van der Waals surface area (Å²) in [6.07, 6.45) is 30.3. The molecule has 218 valence electrons. The van der Waals surface area contributed by atoms with Gasteiger partial charge in [-0.05, 0) is 58.1 Å². The van der Waals surface area contributed by atoms with Crippen molar-refractivity contribution in [3.05, 3.63) is 11.8 Å². The summed E-state index contributed by atoms with van der Waals surface area (Å²) in [6.45, 7) is 12.3. The molecule has 0 radical (unpaired) electrons. The number of nitrogens with one attached hydrogen (secondary N) is 1. The molecule has 0 aromatic rings. The van der Waals surface area contributed by atoms with E-state index in [1.807, 2.05) is 0 Å². The van der Waals surface area contributed by atoms with E-state index in [0.29, 0.717) is 18.3 Å². The van der Waals surface area contributed by atoms with Gasteiger partial charge in [0.2, 0.25) is 0 Å². The molecule has 4 nitrogen and oxygen atoms in total. The number of nitrogens with zero attached hydrogens (tertiary/aromatic N) is 1. The number of rotatable bonds is 24. The highest BCUT2D eigenvalue weighted by Crippen LogP contribution is 2.22. The molecule has 0 saturated carbocycles. The number of hydrogen-bond acceptors (Lipinski definition) is 4. The third kappa shape index (κ3) is 16.2. The predicted molar refractivity (Wildman–Crippen MR) is 160 cm³/mol. The minimum absolute atomic E-state index is 0.415. The van der Waals surface area contributed by atoms with E-state index in [9.17, 15) is 0 Å². The van der Waals surface area contributed by atoms with Gasteiger partial charge in [0.25, 0.3) is 0 Å². The summed E-state index contributed by atoms with van der Waals surface area (Å²) in [7, 11) is 0. The minimum Gasteiger partial charge on any atom is -0.495 e. The van der Waals surface area contributed by atoms with Gasteiger partial charge in [0.05, 0.1) is 24.1 Å². The summed E-state index contributed by atoms with van der Waals surface area (Å²) in [5.41, 5.74) is 0. The van der Waals surface area contributed by atoms with Gasteiger partial charge in [-0.3, -0.25) is 4.90 Å². The quantitative estimate of drug-likeness (QED) is 0.102. The van der Waals surface area contributed by atoms with Crippen LogP contribution >= 0.6 is 0 Å². The van der Waals surface area contributed by atoms with Crippen LogP contribution in [0.3, 0.4) is 0 Å². The standard InChI is InChI=1S/C33H64N2O2/c1-4-7-9-11-14-19-23-31(24-20-15-12-10-8-5-2)36-30(6-3)22-18-16-13-17-21-25-35-28-32-26-34-27-33(29-35)37-32/h6,31-34H,4-5,7-29H2,1-3H3/b30-6+. The Morgan fingerprint density at radius 1 is 0.757 bits per heavy atom. The van der Waals surface area contributed by atoms with E-state index in [1.54, 1.807) is 0 Å². The lowest BCUT2D eigenvalue weighted by Crippen LogP contribution is -2.58. The Bertz CT molecular complexity index is 524. The monoisotopic (exact) mass is 520 g/mol. The van der Waals surface area contributed by atoms with E-state index in [-0.39, 0.29) is 0 Å². The van der Waals surface area contributed by atoms with Crippen LogP contribution in [0, 0.1) is 0 Å². The summed E-state index contributed by atoms with van der Waals surface area (Å²) in [5, 5.41) is 3.49. The van der Waals surface area contributed by atoms with Crippen molar-refractivity contribution in [3.8, 4) is 0 Å². The maximum Gasteiger partial charge on any atom is 0.0982 e. The average molecular weight is 521 g/mol. The first-order valence-corrected chi connectivity index (χ1v) is 16.7. The minimum atomic E-state index is 0.415.